The average molecular weight is 456 g/mol. The van der Waals surface area contributed by atoms with E-state index in [1.54, 1.807) is 13.4 Å². The lowest BCUT2D eigenvalue weighted by atomic mass is 9.96. The molecular formula is C23H29N5O3S. The Kier molecular flexibility index (Phi) is 7.47. The van der Waals surface area contributed by atoms with Crippen molar-refractivity contribution in [2.75, 3.05) is 30.9 Å². The maximum atomic E-state index is 12.3. The maximum absolute atomic E-state index is 12.3. The van der Waals surface area contributed by atoms with Crippen LogP contribution < -0.4 is 20.3 Å². The Morgan fingerprint density at radius 3 is 2.56 bits per heavy atom. The summed E-state index contributed by atoms with van der Waals surface area (Å²) in [6.07, 6.45) is 5.44. The minimum Gasteiger partial charge on any atom is -0.497 e. The molecular weight excluding hydrogens is 426 g/mol. The third-order valence-electron chi connectivity index (χ3n) is 5.74. The number of carbonyl (C=O) groups excluding carboxylic acids is 2. The van der Waals surface area contributed by atoms with Crippen molar-refractivity contribution in [1.29, 1.82) is 0 Å². The second-order valence-electron chi connectivity index (χ2n) is 8.17. The van der Waals surface area contributed by atoms with Crippen molar-refractivity contribution in [3.05, 3.63) is 42.2 Å². The fourth-order valence-electron chi connectivity index (χ4n) is 3.63. The predicted molar refractivity (Wildman–Crippen MR) is 124 cm³/mol. The van der Waals surface area contributed by atoms with Gasteiger partial charge in [-0.2, -0.15) is 0 Å². The third-order valence-corrected chi connectivity index (χ3v) is 6.67. The number of anilines is 1. The highest BCUT2D eigenvalue weighted by Gasteiger charge is 2.30. The van der Waals surface area contributed by atoms with Crippen LogP contribution in [0.3, 0.4) is 0 Å². The van der Waals surface area contributed by atoms with Crippen LogP contribution in [0.2, 0.25) is 0 Å². The van der Waals surface area contributed by atoms with Crippen LogP contribution >= 0.6 is 11.8 Å². The summed E-state index contributed by atoms with van der Waals surface area (Å²) in [5.74, 6) is 2.18. The molecule has 1 aromatic carbocycles. The summed E-state index contributed by atoms with van der Waals surface area (Å²) in [7, 11) is 1.63. The molecule has 170 valence electrons. The molecule has 1 aromatic heterocycles. The van der Waals surface area contributed by atoms with Gasteiger partial charge in [0.15, 0.2) is 0 Å². The van der Waals surface area contributed by atoms with Crippen LogP contribution in [0, 0.1) is 5.92 Å². The number of hydrogen-bond donors (Lipinski definition) is 2. The van der Waals surface area contributed by atoms with E-state index in [1.165, 1.54) is 11.8 Å². The fourth-order valence-corrected chi connectivity index (χ4v) is 4.33. The summed E-state index contributed by atoms with van der Waals surface area (Å²) in [5.41, 5.74) is 1.02. The molecule has 0 atom stereocenters. The van der Waals surface area contributed by atoms with Crippen molar-refractivity contribution < 1.29 is 14.3 Å². The lowest BCUT2D eigenvalue weighted by Gasteiger charge is -2.32. The van der Waals surface area contributed by atoms with E-state index in [9.17, 15) is 9.59 Å². The molecule has 2 N–H and O–H groups in total. The molecule has 0 spiro atoms. The lowest BCUT2D eigenvalue weighted by Crippen LogP contribution is -2.41. The molecule has 0 unspecified atom stereocenters. The zero-order valence-corrected chi connectivity index (χ0v) is 19.1. The second kappa shape index (κ2) is 10.7. The van der Waals surface area contributed by atoms with Crippen molar-refractivity contribution >= 4 is 29.4 Å². The monoisotopic (exact) mass is 455 g/mol. The van der Waals surface area contributed by atoms with Crippen LogP contribution in [-0.2, 0) is 16.1 Å². The first-order valence-electron chi connectivity index (χ1n) is 11.0. The molecule has 4 rings (SSSR count). The van der Waals surface area contributed by atoms with E-state index < -0.39 is 0 Å². The quantitative estimate of drug-likeness (QED) is 0.443. The van der Waals surface area contributed by atoms with Crippen LogP contribution in [0.25, 0.3) is 0 Å². The molecule has 1 aliphatic carbocycles. The molecule has 8 nitrogen and oxygen atoms in total. The van der Waals surface area contributed by atoms with Gasteiger partial charge in [0.05, 0.1) is 12.9 Å². The zero-order valence-electron chi connectivity index (χ0n) is 18.3. The smallest absolute Gasteiger partial charge is 0.230 e. The summed E-state index contributed by atoms with van der Waals surface area (Å²) in [5, 5.41) is 6.80. The number of amides is 2. The highest BCUT2D eigenvalue weighted by Crippen LogP contribution is 2.26. The van der Waals surface area contributed by atoms with Gasteiger partial charge in [-0.3, -0.25) is 9.59 Å². The number of piperidine rings is 1. The Balaban J connectivity index is 1.21. The molecule has 2 amide bonds. The largest absolute Gasteiger partial charge is 0.497 e. The predicted octanol–water partition coefficient (Wildman–Crippen LogP) is 2.39. The van der Waals surface area contributed by atoms with E-state index >= 15 is 0 Å². The number of thioether (sulfide) groups is 1. The molecule has 2 heterocycles. The first-order chi connectivity index (χ1) is 15.6. The van der Waals surface area contributed by atoms with Gasteiger partial charge in [-0.25, -0.2) is 9.97 Å². The van der Waals surface area contributed by atoms with Gasteiger partial charge in [-0.15, -0.1) is 0 Å². The molecule has 2 aliphatic rings. The van der Waals surface area contributed by atoms with Gasteiger partial charge in [-0.05, 0) is 43.4 Å². The SMILES string of the molecule is COc1ccc(CNC(=O)CSc2cc(N3CCC(C(=O)NC4CC4)CC3)ncn2)cc1. The van der Waals surface area contributed by atoms with Crippen molar-refractivity contribution in [3.8, 4) is 5.75 Å². The van der Waals surface area contributed by atoms with E-state index in [-0.39, 0.29) is 23.5 Å². The Morgan fingerprint density at radius 2 is 1.88 bits per heavy atom. The third kappa shape index (κ3) is 6.35. The number of nitrogens with one attached hydrogen (secondary N) is 2. The maximum Gasteiger partial charge on any atom is 0.230 e. The van der Waals surface area contributed by atoms with Crippen molar-refractivity contribution in [1.82, 2.24) is 20.6 Å². The van der Waals surface area contributed by atoms with Gasteiger partial charge in [-0.1, -0.05) is 23.9 Å². The lowest BCUT2D eigenvalue weighted by molar-refractivity contribution is -0.125. The number of benzene rings is 1. The van der Waals surface area contributed by atoms with Crippen LogP contribution in [-0.4, -0.2) is 53.8 Å². The van der Waals surface area contributed by atoms with Gasteiger partial charge in [0.1, 0.15) is 22.9 Å². The minimum absolute atomic E-state index is 0.0477. The van der Waals surface area contributed by atoms with Crippen LogP contribution in [0.5, 0.6) is 5.75 Å². The Labute approximate surface area is 192 Å². The number of hydrogen-bond acceptors (Lipinski definition) is 7. The number of methoxy groups -OCH3 is 1. The molecule has 32 heavy (non-hydrogen) atoms. The standard InChI is InChI=1S/C23H29N5O3S/c1-31-19-6-2-16(3-7-19)13-24-21(29)14-32-22-12-20(25-15-26-22)28-10-8-17(9-11-28)23(30)27-18-4-5-18/h2-3,6-7,12,15,17-18H,4-5,8-11,13-14H2,1H3,(H,24,29)(H,27,30). The summed E-state index contributed by atoms with van der Waals surface area (Å²) >= 11 is 1.39. The first kappa shape index (κ1) is 22.4. The van der Waals surface area contributed by atoms with E-state index in [4.69, 9.17) is 4.74 Å². The molecule has 0 bridgehead atoms. The topological polar surface area (TPSA) is 96.5 Å². The van der Waals surface area contributed by atoms with E-state index in [0.717, 1.165) is 60.9 Å². The fraction of sp³-hybridized carbons (Fsp3) is 0.478. The number of nitrogens with zero attached hydrogens (tertiary/aromatic N) is 3. The highest BCUT2D eigenvalue weighted by molar-refractivity contribution is 7.99. The summed E-state index contributed by atoms with van der Waals surface area (Å²) < 4.78 is 5.14. The molecule has 1 saturated carbocycles. The average Bonchev–Trinajstić information content (AvgIpc) is 3.66. The van der Waals surface area contributed by atoms with Crippen LogP contribution in [0.15, 0.2) is 41.7 Å². The van der Waals surface area contributed by atoms with Gasteiger partial charge in [0.25, 0.3) is 0 Å². The molecule has 1 saturated heterocycles. The Bertz CT molecular complexity index is 927. The summed E-state index contributed by atoms with van der Waals surface area (Å²) in [6.45, 7) is 2.07. The number of carbonyl (C=O) groups is 2. The Hall–Kier alpha value is -2.81. The van der Waals surface area contributed by atoms with Gasteiger partial charge >= 0.3 is 0 Å². The van der Waals surface area contributed by atoms with E-state index in [2.05, 4.69) is 25.5 Å². The van der Waals surface area contributed by atoms with E-state index in [0.29, 0.717) is 12.6 Å². The zero-order chi connectivity index (χ0) is 22.3. The molecule has 2 aromatic rings. The molecule has 9 heteroatoms. The van der Waals surface area contributed by atoms with Crippen LogP contribution in [0.1, 0.15) is 31.2 Å². The van der Waals surface area contributed by atoms with E-state index in [1.807, 2.05) is 30.3 Å². The number of aromatic nitrogens is 2. The van der Waals surface area contributed by atoms with Crippen molar-refractivity contribution in [2.24, 2.45) is 5.92 Å². The van der Waals surface area contributed by atoms with Gasteiger partial charge in [0.2, 0.25) is 11.8 Å². The normalized spacial score (nSPS) is 16.5. The van der Waals surface area contributed by atoms with Crippen molar-refractivity contribution in [3.63, 3.8) is 0 Å². The summed E-state index contributed by atoms with van der Waals surface area (Å²) in [4.78, 5) is 35.4. The highest BCUT2D eigenvalue weighted by atomic mass is 32.2. The first-order valence-corrected chi connectivity index (χ1v) is 12.0. The number of rotatable bonds is 9. The van der Waals surface area contributed by atoms with Gasteiger partial charge in [0, 0.05) is 37.7 Å². The van der Waals surface area contributed by atoms with Gasteiger partial charge < -0.3 is 20.3 Å². The second-order valence-corrected chi connectivity index (χ2v) is 9.17. The number of ether oxygens (including phenoxy) is 1. The molecule has 0 radical (unpaired) electrons. The minimum atomic E-state index is -0.0477. The summed E-state index contributed by atoms with van der Waals surface area (Å²) in [6, 6.07) is 9.95. The molecule has 1 aliphatic heterocycles. The Morgan fingerprint density at radius 1 is 1.12 bits per heavy atom. The van der Waals surface area contributed by atoms with Crippen LogP contribution in [0.4, 0.5) is 5.82 Å². The van der Waals surface area contributed by atoms with Crippen molar-refractivity contribution in [2.45, 2.75) is 43.3 Å². The molecule has 2 fully saturated rings.